The molecule has 1 fully saturated rings. The summed E-state index contributed by atoms with van der Waals surface area (Å²) in [4.78, 5) is 21.4. The summed E-state index contributed by atoms with van der Waals surface area (Å²) in [6.45, 7) is 1.96. The molecule has 0 bridgehead atoms. The van der Waals surface area contributed by atoms with E-state index in [0.717, 1.165) is 18.0 Å². The number of amides is 1. The lowest BCUT2D eigenvalue weighted by Crippen LogP contribution is -2.48. The van der Waals surface area contributed by atoms with Gasteiger partial charge in [-0.05, 0) is 24.3 Å². The zero-order valence-electron chi connectivity index (χ0n) is 17.8. The van der Waals surface area contributed by atoms with Crippen molar-refractivity contribution >= 4 is 28.8 Å². The third kappa shape index (κ3) is 4.19. The minimum Gasteiger partial charge on any atom is -0.368 e. The zero-order valence-corrected chi connectivity index (χ0v) is 18.6. The lowest BCUT2D eigenvalue weighted by atomic mass is 10.1. The van der Waals surface area contributed by atoms with Crippen LogP contribution in [0.25, 0.3) is 16.9 Å². The third-order valence-electron chi connectivity index (χ3n) is 5.80. The molecule has 2 aromatic heterocycles. The molecule has 0 spiro atoms. The van der Waals surface area contributed by atoms with Crippen molar-refractivity contribution in [1.82, 2.24) is 19.5 Å². The van der Waals surface area contributed by atoms with E-state index in [2.05, 4.69) is 15.0 Å². The van der Waals surface area contributed by atoms with Gasteiger partial charge in [0.1, 0.15) is 5.56 Å². The first kappa shape index (κ1) is 22.2. The van der Waals surface area contributed by atoms with Gasteiger partial charge in [0.25, 0.3) is 5.91 Å². The number of nitrogens with zero attached hydrogens (tertiary/aromatic N) is 5. The summed E-state index contributed by atoms with van der Waals surface area (Å²) < 4.78 is 42.1. The summed E-state index contributed by atoms with van der Waals surface area (Å²) in [6, 6.07) is 17.0. The minimum absolute atomic E-state index is 0.0412. The molecule has 1 amide bonds. The van der Waals surface area contributed by atoms with Crippen molar-refractivity contribution in [3.63, 3.8) is 0 Å². The Morgan fingerprint density at radius 3 is 2.35 bits per heavy atom. The zero-order chi connectivity index (χ0) is 23.9. The Balaban J connectivity index is 1.46. The van der Waals surface area contributed by atoms with E-state index in [1.54, 1.807) is 41.3 Å². The molecule has 0 N–H and O–H groups in total. The molecule has 0 saturated carbocycles. The number of halogens is 4. The van der Waals surface area contributed by atoms with E-state index >= 15 is 0 Å². The van der Waals surface area contributed by atoms with Gasteiger partial charge in [0.05, 0.1) is 11.9 Å². The average molecular weight is 486 g/mol. The van der Waals surface area contributed by atoms with Crippen LogP contribution in [-0.4, -0.2) is 51.6 Å². The fraction of sp³-hybridized carbons (Fsp3) is 0.208. The Labute approximate surface area is 198 Å². The van der Waals surface area contributed by atoms with Crippen LogP contribution in [-0.2, 0) is 6.18 Å². The van der Waals surface area contributed by atoms with Gasteiger partial charge in [0.2, 0.25) is 0 Å². The van der Waals surface area contributed by atoms with Gasteiger partial charge >= 0.3 is 6.18 Å². The second-order valence-electron chi connectivity index (χ2n) is 7.94. The van der Waals surface area contributed by atoms with Crippen LogP contribution in [0.4, 0.5) is 18.9 Å². The van der Waals surface area contributed by atoms with Crippen LogP contribution in [0.3, 0.4) is 0 Å². The lowest BCUT2D eigenvalue weighted by Gasteiger charge is -2.36. The number of hydrogen-bond acceptors (Lipinski definition) is 4. The number of benzene rings is 2. The van der Waals surface area contributed by atoms with E-state index in [0.29, 0.717) is 41.3 Å². The van der Waals surface area contributed by atoms with Gasteiger partial charge in [-0.2, -0.15) is 18.3 Å². The van der Waals surface area contributed by atoms with E-state index in [4.69, 9.17) is 11.6 Å². The molecule has 6 nitrogen and oxygen atoms in total. The Hall–Kier alpha value is -3.59. The van der Waals surface area contributed by atoms with E-state index in [1.165, 1.54) is 0 Å². The molecule has 174 valence electrons. The van der Waals surface area contributed by atoms with Crippen molar-refractivity contribution in [2.75, 3.05) is 31.1 Å². The van der Waals surface area contributed by atoms with Gasteiger partial charge in [-0.25, -0.2) is 9.50 Å². The number of carbonyl (C=O) groups excluding carboxylic acids is 1. The topological polar surface area (TPSA) is 53.7 Å². The van der Waals surface area contributed by atoms with E-state index in [1.807, 2.05) is 18.2 Å². The second kappa shape index (κ2) is 8.64. The first-order valence-electron chi connectivity index (χ1n) is 10.6. The largest absolute Gasteiger partial charge is 0.433 e. The van der Waals surface area contributed by atoms with Gasteiger partial charge in [0.15, 0.2) is 11.3 Å². The number of alkyl halides is 3. The van der Waals surface area contributed by atoms with Crippen molar-refractivity contribution in [3.8, 4) is 11.3 Å². The number of rotatable bonds is 3. The Morgan fingerprint density at radius 2 is 1.68 bits per heavy atom. The lowest BCUT2D eigenvalue weighted by molar-refractivity contribution is -0.142. The molecule has 0 aliphatic carbocycles. The van der Waals surface area contributed by atoms with Gasteiger partial charge in [-0.3, -0.25) is 4.79 Å². The van der Waals surface area contributed by atoms with Gasteiger partial charge in [0, 0.05) is 42.5 Å². The minimum atomic E-state index is -4.67. The molecule has 0 radical (unpaired) electrons. The monoisotopic (exact) mass is 485 g/mol. The smallest absolute Gasteiger partial charge is 0.368 e. The van der Waals surface area contributed by atoms with Gasteiger partial charge in [-0.15, -0.1) is 0 Å². The van der Waals surface area contributed by atoms with E-state index < -0.39 is 17.8 Å². The Kier molecular flexibility index (Phi) is 5.65. The summed E-state index contributed by atoms with van der Waals surface area (Å²) in [5, 5.41) is 4.50. The van der Waals surface area contributed by atoms with Gasteiger partial charge in [-0.1, -0.05) is 48.0 Å². The summed E-state index contributed by atoms with van der Waals surface area (Å²) >= 11 is 6.08. The molecule has 1 aliphatic heterocycles. The summed E-state index contributed by atoms with van der Waals surface area (Å²) in [5.41, 5.74) is 0.544. The first-order valence-corrected chi connectivity index (χ1v) is 11.0. The van der Waals surface area contributed by atoms with Crippen LogP contribution < -0.4 is 4.90 Å². The predicted molar refractivity (Wildman–Crippen MR) is 123 cm³/mol. The molecule has 3 heterocycles. The number of carbonyl (C=O) groups is 1. The van der Waals surface area contributed by atoms with Crippen molar-refractivity contribution in [3.05, 3.63) is 83.1 Å². The molecule has 4 aromatic rings. The Morgan fingerprint density at radius 1 is 0.941 bits per heavy atom. The van der Waals surface area contributed by atoms with Crippen molar-refractivity contribution in [1.29, 1.82) is 0 Å². The van der Waals surface area contributed by atoms with Crippen LogP contribution in [0.5, 0.6) is 0 Å². The maximum absolute atomic E-state index is 13.8. The number of hydrogen-bond donors (Lipinski definition) is 0. The molecule has 0 unspecified atom stereocenters. The number of fused-ring (bicyclic) bond motifs is 1. The molecule has 5 rings (SSSR count). The third-order valence-corrected chi connectivity index (χ3v) is 6.04. The molecule has 0 atom stereocenters. The standard InChI is InChI=1S/C24H19ClF3N5O/c25-17-7-4-8-18(13-17)31-9-11-32(12-10-31)23(34)19-15-29-33-21(24(26,27)28)14-20(30-22(19)33)16-5-2-1-3-6-16/h1-8,13-15H,9-12H2. The van der Waals surface area contributed by atoms with E-state index in [9.17, 15) is 18.0 Å². The summed E-state index contributed by atoms with van der Waals surface area (Å²) in [7, 11) is 0. The highest BCUT2D eigenvalue weighted by molar-refractivity contribution is 6.30. The highest BCUT2D eigenvalue weighted by atomic mass is 35.5. The van der Waals surface area contributed by atoms with Crippen LogP contribution in [0.1, 0.15) is 16.1 Å². The Bertz CT molecular complexity index is 1350. The predicted octanol–water partition coefficient (Wildman–Crippen LogP) is 5.03. The molecular formula is C24H19ClF3N5O. The first-order chi connectivity index (χ1) is 16.3. The van der Waals surface area contributed by atoms with E-state index in [-0.39, 0.29) is 16.9 Å². The SMILES string of the molecule is O=C(c1cnn2c(C(F)(F)F)cc(-c3ccccc3)nc12)N1CCN(c2cccc(Cl)c2)CC1. The van der Waals surface area contributed by atoms with Crippen molar-refractivity contribution < 1.29 is 18.0 Å². The normalized spacial score (nSPS) is 14.6. The maximum atomic E-state index is 13.8. The summed E-state index contributed by atoms with van der Waals surface area (Å²) in [6.07, 6.45) is -3.50. The maximum Gasteiger partial charge on any atom is 0.433 e. The van der Waals surface area contributed by atoms with Crippen LogP contribution >= 0.6 is 11.6 Å². The summed E-state index contributed by atoms with van der Waals surface area (Å²) in [5.74, 6) is -0.397. The molecule has 10 heteroatoms. The number of anilines is 1. The van der Waals surface area contributed by atoms with Crippen LogP contribution in [0, 0.1) is 0 Å². The number of aromatic nitrogens is 3. The highest BCUT2D eigenvalue weighted by Crippen LogP contribution is 2.33. The van der Waals surface area contributed by atoms with Crippen molar-refractivity contribution in [2.24, 2.45) is 0 Å². The molecule has 2 aromatic carbocycles. The average Bonchev–Trinajstić information content (AvgIpc) is 3.27. The molecular weight excluding hydrogens is 467 g/mol. The fourth-order valence-corrected chi connectivity index (χ4v) is 4.27. The molecule has 1 saturated heterocycles. The van der Waals surface area contributed by atoms with Crippen molar-refractivity contribution in [2.45, 2.75) is 6.18 Å². The highest BCUT2D eigenvalue weighted by Gasteiger charge is 2.36. The fourth-order valence-electron chi connectivity index (χ4n) is 4.08. The van der Waals surface area contributed by atoms with Crippen LogP contribution in [0.2, 0.25) is 5.02 Å². The number of piperazine rings is 1. The quantitative estimate of drug-likeness (QED) is 0.408. The molecule has 34 heavy (non-hydrogen) atoms. The van der Waals surface area contributed by atoms with Crippen LogP contribution in [0.15, 0.2) is 66.9 Å². The second-order valence-corrected chi connectivity index (χ2v) is 8.38. The van der Waals surface area contributed by atoms with Gasteiger partial charge < -0.3 is 9.80 Å². The molecule has 1 aliphatic rings.